The largest absolute Gasteiger partial charge is 0.352 e. The number of rotatable bonds is 9. The highest BCUT2D eigenvalue weighted by Gasteiger charge is 2.13. The lowest BCUT2D eigenvalue weighted by molar-refractivity contribution is -0.121. The fourth-order valence-corrected chi connectivity index (χ4v) is 1.99. The number of carbonyl (C=O) groups excluding carboxylic acids is 1. The van der Waals surface area contributed by atoms with Crippen LogP contribution in [-0.4, -0.2) is 48.6 Å². The van der Waals surface area contributed by atoms with Gasteiger partial charge in [0.05, 0.1) is 6.54 Å². The molecule has 0 rings (SSSR count). The molecule has 1 atom stereocenters. The molecule has 0 saturated carbocycles. The Morgan fingerprint density at radius 1 is 1.00 bits per heavy atom. The smallest absolute Gasteiger partial charge is 0.234 e. The van der Waals surface area contributed by atoms with Crippen LogP contribution >= 0.6 is 0 Å². The first kappa shape index (κ1) is 18.4. The van der Waals surface area contributed by atoms with E-state index in [2.05, 4.69) is 57.1 Å². The van der Waals surface area contributed by atoms with Crippen LogP contribution < -0.4 is 10.6 Å². The minimum atomic E-state index is 0.0850. The van der Waals surface area contributed by atoms with Crippen molar-refractivity contribution in [1.29, 1.82) is 0 Å². The molecule has 2 N–H and O–H groups in total. The number of carbonyl (C=O) groups is 1. The van der Waals surface area contributed by atoms with E-state index in [1.807, 2.05) is 6.92 Å². The summed E-state index contributed by atoms with van der Waals surface area (Å²) in [6.07, 6.45) is 0. The van der Waals surface area contributed by atoms with Crippen molar-refractivity contribution in [2.45, 2.75) is 66.6 Å². The van der Waals surface area contributed by atoms with Gasteiger partial charge in [-0.2, -0.15) is 0 Å². The third kappa shape index (κ3) is 8.22. The fourth-order valence-electron chi connectivity index (χ4n) is 1.99. The van der Waals surface area contributed by atoms with E-state index >= 15 is 0 Å². The molecule has 0 aromatic carbocycles. The predicted molar refractivity (Wildman–Crippen MR) is 82.3 cm³/mol. The van der Waals surface area contributed by atoms with E-state index in [4.69, 9.17) is 0 Å². The van der Waals surface area contributed by atoms with Crippen molar-refractivity contribution in [2.75, 3.05) is 19.6 Å². The van der Waals surface area contributed by atoms with Gasteiger partial charge in [-0.25, -0.2) is 0 Å². The Labute approximate surface area is 119 Å². The topological polar surface area (TPSA) is 44.4 Å². The second-order valence-electron chi connectivity index (χ2n) is 6.20. The third-order valence-corrected chi connectivity index (χ3v) is 3.55. The summed E-state index contributed by atoms with van der Waals surface area (Å²) in [6, 6.07) is 1.31. The van der Waals surface area contributed by atoms with Gasteiger partial charge in [0.2, 0.25) is 5.91 Å². The van der Waals surface area contributed by atoms with Crippen molar-refractivity contribution in [3.63, 3.8) is 0 Å². The van der Waals surface area contributed by atoms with Gasteiger partial charge in [-0.1, -0.05) is 13.8 Å². The van der Waals surface area contributed by atoms with E-state index in [0.717, 1.165) is 13.1 Å². The molecule has 0 saturated heterocycles. The first-order valence-electron chi connectivity index (χ1n) is 7.51. The Kier molecular flexibility index (Phi) is 9.02. The number of hydrogen-bond donors (Lipinski definition) is 2. The SMILES string of the molecule is CC(C)C(C)NC(=O)CNCCN(C(C)C)C(C)C. The van der Waals surface area contributed by atoms with Crippen LogP contribution in [-0.2, 0) is 4.79 Å². The summed E-state index contributed by atoms with van der Waals surface area (Å²) in [5, 5.41) is 6.21. The van der Waals surface area contributed by atoms with E-state index in [9.17, 15) is 4.79 Å². The quantitative estimate of drug-likeness (QED) is 0.629. The molecule has 0 spiro atoms. The van der Waals surface area contributed by atoms with Crippen molar-refractivity contribution in [2.24, 2.45) is 5.92 Å². The second kappa shape index (κ2) is 9.32. The summed E-state index contributed by atoms with van der Waals surface area (Å²) < 4.78 is 0. The predicted octanol–water partition coefficient (Wildman–Crippen LogP) is 1.86. The monoisotopic (exact) mass is 271 g/mol. The molecule has 1 amide bonds. The van der Waals surface area contributed by atoms with Crippen molar-refractivity contribution in [1.82, 2.24) is 15.5 Å². The maximum Gasteiger partial charge on any atom is 0.234 e. The molecule has 0 fully saturated rings. The van der Waals surface area contributed by atoms with Crippen LogP contribution in [0, 0.1) is 5.92 Å². The highest BCUT2D eigenvalue weighted by atomic mass is 16.1. The van der Waals surface area contributed by atoms with E-state index in [1.54, 1.807) is 0 Å². The Balaban J connectivity index is 3.82. The molecule has 0 radical (unpaired) electrons. The zero-order valence-corrected chi connectivity index (χ0v) is 13.8. The van der Waals surface area contributed by atoms with E-state index in [0.29, 0.717) is 24.5 Å². The van der Waals surface area contributed by atoms with Gasteiger partial charge in [-0.05, 0) is 40.5 Å². The molecule has 4 nitrogen and oxygen atoms in total. The number of amides is 1. The van der Waals surface area contributed by atoms with Crippen LogP contribution in [0.5, 0.6) is 0 Å². The zero-order chi connectivity index (χ0) is 15.0. The molecule has 0 aromatic rings. The molecule has 1 unspecified atom stereocenters. The minimum absolute atomic E-state index is 0.0850. The van der Waals surface area contributed by atoms with Crippen LogP contribution in [0.15, 0.2) is 0 Å². The highest BCUT2D eigenvalue weighted by molar-refractivity contribution is 5.78. The number of nitrogens with one attached hydrogen (secondary N) is 2. The van der Waals surface area contributed by atoms with Gasteiger partial charge in [0.1, 0.15) is 0 Å². The molecule has 0 bridgehead atoms. The first-order chi connectivity index (χ1) is 8.75. The Hall–Kier alpha value is -0.610. The van der Waals surface area contributed by atoms with E-state index in [1.165, 1.54) is 0 Å². The average Bonchev–Trinajstić information content (AvgIpc) is 2.27. The van der Waals surface area contributed by atoms with Gasteiger partial charge in [-0.3, -0.25) is 9.69 Å². The molecule has 114 valence electrons. The average molecular weight is 271 g/mol. The lowest BCUT2D eigenvalue weighted by Gasteiger charge is -2.30. The van der Waals surface area contributed by atoms with Crippen molar-refractivity contribution >= 4 is 5.91 Å². The third-order valence-electron chi connectivity index (χ3n) is 3.55. The Morgan fingerprint density at radius 2 is 1.53 bits per heavy atom. The van der Waals surface area contributed by atoms with Crippen molar-refractivity contribution in [3.05, 3.63) is 0 Å². The molecule has 0 aromatic heterocycles. The zero-order valence-electron chi connectivity index (χ0n) is 13.8. The van der Waals surface area contributed by atoms with Crippen LogP contribution in [0.2, 0.25) is 0 Å². The van der Waals surface area contributed by atoms with Gasteiger partial charge in [0.15, 0.2) is 0 Å². The Morgan fingerprint density at radius 3 is 1.95 bits per heavy atom. The minimum Gasteiger partial charge on any atom is -0.352 e. The lowest BCUT2D eigenvalue weighted by atomic mass is 10.1. The molecule has 4 heteroatoms. The molecule has 0 aliphatic rings. The van der Waals surface area contributed by atoms with E-state index in [-0.39, 0.29) is 11.9 Å². The van der Waals surface area contributed by atoms with Gasteiger partial charge >= 0.3 is 0 Å². The van der Waals surface area contributed by atoms with Gasteiger partial charge in [0.25, 0.3) is 0 Å². The van der Waals surface area contributed by atoms with Gasteiger partial charge < -0.3 is 10.6 Å². The standard InChI is InChI=1S/C15H33N3O/c1-11(2)14(7)17-15(19)10-16-8-9-18(12(3)4)13(5)6/h11-14,16H,8-10H2,1-7H3,(H,17,19). The molecular formula is C15H33N3O. The van der Waals surface area contributed by atoms with Crippen LogP contribution in [0.1, 0.15) is 48.5 Å². The highest BCUT2D eigenvalue weighted by Crippen LogP contribution is 2.03. The summed E-state index contributed by atoms with van der Waals surface area (Å²) in [4.78, 5) is 14.1. The summed E-state index contributed by atoms with van der Waals surface area (Å²) in [5.41, 5.74) is 0. The van der Waals surface area contributed by atoms with Gasteiger partial charge in [-0.15, -0.1) is 0 Å². The summed E-state index contributed by atoms with van der Waals surface area (Å²) in [7, 11) is 0. The number of hydrogen-bond acceptors (Lipinski definition) is 3. The second-order valence-corrected chi connectivity index (χ2v) is 6.20. The molecule has 0 aliphatic carbocycles. The normalized spacial score (nSPS) is 13.6. The van der Waals surface area contributed by atoms with Crippen LogP contribution in [0.4, 0.5) is 0 Å². The Bertz CT molecular complexity index is 244. The fraction of sp³-hybridized carbons (Fsp3) is 0.933. The van der Waals surface area contributed by atoms with Gasteiger partial charge in [0, 0.05) is 31.2 Å². The van der Waals surface area contributed by atoms with Crippen molar-refractivity contribution < 1.29 is 4.79 Å². The summed E-state index contributed by atoms with van der Waals surface area (Å²) in [5.74, 6) is 0.558. The first-order valence-corrected chi connectivity index (χ1v) is 7.51. The maximum absolute atomic E-state index is 11.7. The molecule has 19 heavy (non-hydrogen) atoms. The van der Waals surface area contributed by atoms with Crippen LogP contribution in [0.25, 0.3) is 0 Å². The number of nitrogens with zero attached hydrogens (tertiary/aromatic N) is 1. The summed E-state index contributed by atoms with van der Waals surface area (Å²) in [6.45, 7) is 17.3. The molecular weight excluding hydrogens is 238 g/mol. The van der Waals surface area contributed by atoms with Crippen molar-refractivity contribution in [3.8, 4) is 0 Å². The lowest BCUT2D eigenvalue weighted by Crippen LogP contribution is -2.45. The molecule has 0 heterocycles. The van der Waals surface area contributed by atoms with E-state index < -0.39 is 0 Å². The summed E-state index contributed by atoms with van der Waals surface area (Å²) >= 11 is 0. The maximum atomic E-state index is 11.7. The van der Waals surface area contributed by atoms with Crippen LogP contribution in [0.3, 0.4) is 0 Å². The molecule has 0 aliphatic heterocycles.